The number of carboxylic acids is 1. The van der Waals surface area contributed by atoms with Crippen molar-refractivity contribution in [2.45, 2.75) is 26.7 Å². The van der Waals surface area contributed by atoms with Crippen molar-refractivity contribution in [3.8, 4) is 0 Å². The van der Waals surface area contributed by atoms with Gasteiger partial charge in [0, 0.05) is 23.3 Å². The second-order valence-corrected chi connectivity index (χ2v) is 5.02. The average molecular weight is 302 g/mol. The number of allylic oxidation sites excluding steroid dienone is 1. The summed E-state index contributed by atoms with van der Waals surface area (Å²) in [5.41, 5.74) is 1.71. The summed E-state index contributed by atoms with van der Waals surface area (Å²) in [4.78, 5) is 32.5. The maximum absolute atomic E-state index is 12.3. The number of pyridine rings is 1. The first-order valence-electron chi connectivity index (χ1n) is 7.04. The summed E-state index contributed by atoms with van der Waals surface area (Å²) >= 11 is 0. The Kier molecular flexibility index (Phi) is 4.70. The molecule has 2 atom stereocenters. The van der Waals surface area contributed by atoms with Gasteiger partial charge in [-0.15, -0.1) is 0 Å². The van der Waals surface area contributed by atoms with E-state index < -0.39 is 23.8 Å². The van der Waals surface area contributed by atoms with E-state index >= 15 is 0 Å². The van der Waals surface area contributed by atoms with Gasteiger partial charge >= 0.3 is 11.9 Å². The molecular weight excluding hydrogens is 284 g/mol. The van der Waals surface area contributed by atoms with Crippen LogP contribution in [0.1, 0.15) is 32.4 Å². The summed E-state index contributed by atoms with van der Waals surface area (Å²) in [6.07, 6.45) is 1.58. The number of nitrogens with zero attached hydrogens (tertiary/aromatic N) is 2. The van der Waals surface area contributed by atoms with E-state index in [-0.39, 0.29) is 12.2 Å². The Balaban J connectivity index is 2.61. The van der Waals surface area contributed by atoms with Crippen molar-refractivity contribution in [3.63, 3.8) is 0 Å². The van der Waals surface area contributed by atoms with Gasteiger partial charge in [-0.25, -0.2) is 4.79 Å². The number of aliphatic carboxylic acids is 1. The van der Waals surface area contributed by atoms with Crippen LogP contribution < -0.4 is 0 Å². The first-order valence-corrected chi connectivity index (χ1v) is 7.04. The number of carbonyl (C=O) groups is 2. The van der Waals surface area contributed by atoms with E-state index in [0.29, 0.717) is 17.1 Å². The van der Waals surface area contributed by atoms with E-state index in [4.69, 9.17) is 4.74 Å². The van der Waals surface area contributed by atoms with E-state index in [2.05, 4.69) is 9.98 Å². The maximum atomic E-state index is 12.3. The lowest BCUT2D eigenvalue weighted by molar-refractivity contribution is -0.141. The molecule has 0 fully saturated rings. The van der Waals surface area contributed by atoms with Crippen LogP contribution in [0.4, 0.5) is 0 Å². The van der Waals surface area contributed by atoms with Crippen LogP contribution in [-0.4, -0.2) is 34.3 Å². The van der Waals surface area contributed by atoms with Crippen LogP contribution >= 0.6 is 0 Å². The van der Waals surface area contributed by atoms with Crippen molar-refractivity contribution in [1.82, 2.24) is 4.98 Å². The third kappa shape index (κ3) is 2.90. The fourth-order valence-electron chi connectivity index (χ4n) is 2.71. The number of hydrogen-bond donors (Lipinski definition) is 1. The number of carbonyl (C=O) groups excluding carboxylic acids is 1. The van der Waals surface area contributed by atoms with Gasteiger partial charge in [0.05, 0.1) is 18.1 Å². The fraction of sp³-hybridized carbons (Fsp3) is 0.375. The van der Waals surface area contributed by atoms with Crippen molar-refractivity contribution in [2.75, 3.05) is 6.61 Å². The minimum absolute atomic E-state index is 0.213. The number of hydrogen-bond acceptors (Lipinski definition) is 5. The van der Waals surface area contributed by atoms with Crippen LogP contribution in [0.2, 0.25) is 0 Å². The number of esters is 1. The molecule has 116 valence electrons. The average Bonchev–Trinajstić information content (AvgIpc) is 2.47. The third-order valence-electron chi connectivity index (χ3n) is 3.60. The summed E-state index contributed by atoms with van der Waals surface area (Å²) < 4.78 is 5.08. The molecule has 0 saturated carbocycles. The lowest BCUT2D eigenvalue weighted by Gasteiger charge is -2.29. The largest absolute Gasteiger partial charge is 0.481 e. The molecule has 2 unspecified atom stereocenters. The van der Waals surface area contributed by atoms with E-state index in [1.807, 2.05) is 0 Å². The quantitative estimate of drug-likeness (QED) is 0.861. The van der Waals surface area contributed by atoms with E-state index in [1.54, 1.807) is 45.2 Å². The van der Waals surface area contributed by atoms with Gasteiger partial charge in [0.15, 0.2) is 0 Å². The van der Waals surface area contributed by atoms with Gasteiger partial charge in [-0.2, -0.15) is 0 Å². The summed E-state index contributed by atoms with van der Waals surface area (Å²) in [7, 11) is 0. The van der Waals surface area contributed by atoms with Gasteiger partial charge in [-0.1, -0.05) is 6.07 Å². The molecule has 22 heavy (non-hydrogen) atoms. The Bertz CT molecular complexity index is 649. The zero-order valence-corrected chi connectivity index (χ0v) is 12.7. The molecule has 2 heterocycles. The number of aromatic nitrogens is 1. The van der Waals surface area contributed by atoms with E-state index in [9.17, 15) is 14.7 Å². The van der Waals surface area contributed by atoms with E-state index in [0.717, 1.165) is 0 Å². The SMILES string of the molecule is CCOC(=O)C1=C(C)N=C(C)C(C(=O)O)C1c1ccccn1. The van der Waals surface area contributed by atoms with Crippen LogP contribution in [0.25, 0.3) is 0 Å². The standard InChI is InChI=1S/C16H18N2O4/c1-4-22-16(21)13-10(3)18-9(2)12(15(19)20)14(13)11-7-5-6-8-17-11/h5-8,12,14H,4H2,1-3H3,(H,19,20). The van der Waals surface area contributed by atoms with Gasteiger partial charge in [-0.3, -0.25) is 14.8 Å². The van der Waals surface area contributed by atoms with Gasteiger partial charge in [-0.05, 0) is 32.9 Å². The number of aliphatic imine (C=N–C) groups is 1. The molecule has 2 rings (SSSR count). The predicted molar refractivity (Wildman–Crippen MR) is 80.5 cm³/mol. The molecule has 1 aliphatic rings. The fourth-order valence-corrected chi connectivity index (χ4v) is 2.71. The van der Waals surface area contributed by atoms with Gasteiger partial charge in [0.2, 0.25) is 0 Å². The first-order chi connectivity index (χ1) is 10.5. The van der Waals surface area contributed by atoms with Crippen LogP contribution in [-0.2, 0) is 14.3 Å². The van der Waals surface area contributed by atoms with Crippen LogP contribution in [0, 0.1) is 5.92 Å². The highest BCUT2D eigenvalue weighted by Gasteiger charge is 2.42. The summed E-state index contributed by atoms with van der Waals surface area (Å²) in [5, 5.41) is 9.57. The third-order valence-corrected chi connectivity index (χ3v) is 3.60. The zero-order valence-electron chi connectivity index (χ0n) is 12.7. The second kappa shape index (κ2) is 6.51. The highest BCUT2D eigenvalue weighted by atomic mass is 16.5. The number of ether oxygens (including phenoxy) is 1. The number of rotatable bonds is 4. The Morgan fingerprint density at radius 3 is 2.59 bits per heavy atom. The van der Waals surface area contributed by atoms with Crippen molar-refractivity contribution in [2.24, 2.45) is 10.9 Å². The lowest BCUT2D eigenvalue weighted by Crippen LogP contribution is -2.35. The van der Waals surface area contributed by atoms with Gasteiger partial charge in [0.1, 0.15) is 5.92 Å². The highest BCUT2D eigenvalue weighted by molar-refractivity contribution is 6.06. The van der Waals surface area contributed by atoms with E-state index in [1.165, 1.54) is 0 Å². The molecule has 1 aliphatic heterocycles. The molecule has 0 radical (unpaired) electrons. The zero-order chi connectivity index (χ0) is 16.3. The van der Waals surface area contributed by atoms with Gasteiger partial charge < -0.3 is 9.84 Å². The normalized spacial score (nSPS) is 21.3. The molecule has 1 aromatic rings. The first kappa shape index (κ1) is 15.9. The highest BCUT2D eigenvalue weighted by Crippen LogP contribution is 2.38. The Morgan fingerprint density at radius 2 is 2.05 bits per heavy atom. The molecule has 0 bridgehead atoms. The molecule has 0 saturated heterocycles. The summed E-state index contributed by atoms with van der Waals surface area (Å²) in [6.45, 7) is 5.25. The van der Waals surface area contributed by atoms with Crippen LogP contribution in [0.3, 0.4) is 0 Å². The summed E-state index contributed by atoms with van der Waals surface area (Å²) in [6, 6.07) is 5.22. The minimum atomic E-state index is -1.04. The minimum Gasteiger partial charge on any atom is -0.481 e. The monoisotopic (exact) mass is 302 g/mol. The van der Waals surface area contributed by atoms with Crippen molar-refractivity contribution >= 4 is 17.7 Å². The maximum Gasteiger partial charge on any atom is 0.336 e. The predicted octanol–water partition coefficient (Wildman–Crippen LogP) is 2.18. The number of carboxylic acid groups (broad SMARTS) is 1. The Hall–Kier alpha value is -2.50. The molecule has 0 aliphatic carbocycles. The molecule has 6 nitrogen and oxygen atoms in total. The summed E-state index contributed by atoms with van der Waals surface area (Å²) in [5.74, 6) is -3.21. The van der Waals surface area contributed by atoms with Crippen molar-refractivity contribution in [1.29, 1.82) is 0 Å². The lowest BCUT2D eigenvalue weighted by atomic mass is 9.77. The molecule has 6 heteroatoms. The van der Waals surface area contributed by atoms with Crippen LogP contribution in [0.5, 0.6) is 0 Å². The van der Waals surface area contributed by atoms with Crippen molar-refractivity contribution in [3.05, 3.63) is 41.4 Å². The Labute approximate surface area is 128 Å². The topological polar surface area (TPSA) is 88.8 Å². The molecule has 0 amide bonds. The smallest absolute Gasteiger partial charge is 0.336 e. The Morgan fingerprint density at radius 1 is 1.32 bits per heavy atom. The molecular formula is C16H18N2O4. The van der Waals surface area contributed by atoms with Crippen LogP contribution in [0.15, 0.2) is 40.7 Å². The molecule has 1 N–H and O–H groups in total. The second-order valence-electron chi connectivity index (χ2n) is 5.02. The van der Waals surface area contributed by atoms with Gasteiger partial charge in [0.25, 0.3) is 0 Å². The van der Waals surface area contributed by atoms with Crippen molar-refractivity contribution < 1.29 is 19.4 Å². The molecule has 0 spiro atoms. The molecule has 0 aromatic carbocycles. The molecule has 1 aromatic heterocycles.